The van der Waals surface area contributed by atoms with Crippen LogP contribution in [0.5, 0.6) is 0 Å². The first-order valence-electron chi connectivity index (χ1n) is 7.91. The number of hydrogen-bond acceptors (Lipinski definition) is 2. The number of nitrogens with zero attached hydrogens (tertiary/aromatic N) is 1. The smallest absolute Gasteiger partial charge is 0.305 e. The lowest BCUT2D eigenvalue weighted by molar-refractivity contribution is -0.140. The number of amides is 1. The number of carboxylic acids is 1. The van der Waals surface area contributed by atoms with Crippen LogP contribution in [0.2, 0.25) is 0 Å². The zero-order valence-corrected chi connectivity index (χ0v) is 12.3. The van der Waals surface area contributed by atoms with Crippen LogP contribution in [0.1, 0.15) is 51.4 Å². The molecule has 4 rings (SSSR count). The molecule has 20 heavy (non-hydrogen) atoms. The Labute approximate surface area is 120 Å². The predicted octanol–water partition coefficient (Wildman–Crippen LogP) is 2.53. The van der Waals surface area contributed by atoms with Crippen LogP contribution >= 0.6 is 0 Å². The molecule has 0 aromatic heterocycles. The molecule has 0 atom stereocenters. The third-order valence-electron chi connectivity index (χ3n) is 5.78. The van der Waals surface area contributed by atoms with Gasteiger partial charge in [-0.1, -0.05) is 0 Å². The van der Waals surface area contributed by atoms with E-state index in [1.807, 2.05) is 0 Å². The van der Waals surface area contributed by atoms with Gasteiger partial charge in [-0.2, -0.15) is 0 Å². The minimum absolute atomic E-state index is 0.0448. The standard InChI is InChI=1S/C16H25NO3/c1-17(3-2-15(19)20)14(18)10-16-7-11-4-12(8-16)6-13(5-11)9-16/h11-13H,2-10H2,1H3,(H,19,20). The number of carbonyl (C=O) groups is 2. The van der Waals surface area contributed by atoms with Crippen molar-refractivity contribution in [2.75, 3.05) is 13.6 Å². The van der Waals surface area contributed by atoms with Crippen LogP contribution in [0.25, 0.3) is 0 Å². The fraction of sp³-hybridized carbons (Fsp3) is 0.875. The molecule has 4 bridgehead atoms. The van der Waals surface area contributed by atoms with Gasteiger partial charge in [0, 0.05) is 20.0 Å². The largest absolute Gasteiger partial charge is 0.481 e. The average Bonchev–Trinajstić information content (AvgIpc) is 2.33. The molecule has 0 radical (unpaired) electrons. The molecular formula is C16H25NO3. The Hall–Kier alpha value is -1.06. The normalized spacial score (nSPS) is 38.0. The summed E-state index contributed by atoms with van der Waals surface area (Å²) in [5.41, 5.74) is 0.253. The lowest BCUT2D eigenvalue weighted by Crippen LogP contribution is -2.48. The van der Waals surface area contributed by atoms with E-state index in [-0.39, 0.29) is 17.7 Å². The van der Waals surface area contributed by atoms with Crippen molar-refractivity contribution in [3.8, 4) is 0 Å². The second-order valence-electron chi connectivity index (χ2n) is 7.55. The summed E-state index contributed by atoms with van der Waals surface area (Å²) in [6, 6.07) is 0. The third kappa shape index (κ3) is 2.70. The van der Waals surface area contributed by atoms with E-state index < -0.39 is 5.97 Å². The van der Waals surface area contributed by atoms with E-state index in [0.717, 1.165) is 17.8 Å². The summed E-state index contributed by atoms with van der Waals surface area (Å²) < 4.78 is 0. The number of carboxylic acid groups (broad SMARTS) is 1. The average molecular weight is 279 g/mol. The van der Waals surface area contributed by atoms with E-state index in [2.05, 4.69) is 0 Å². The minimum Gasteiger partial charge on any atom is -0.481 e. The monoisotopic (exact) mass is 279 g/mol. The molecule has 4 aliphatic carbocycles. The molecule has 1 N–H and O–H groups in total. The van der Waals surface area contributed by atoms with Gasteiger partial charge in [-0.3, -0.25) is 9.59 Å². The first-order valence-corrected chi connectivity index (χ1v) is 7.91. The van der Waals surface area contributed by atoms with Crippen LogP contribution in [0, 0.1) is 23.2 Å². The summed E-state index contributed by atoms with van der Waals surface area (Å²) in [5, 5.41) is 8.71. The Bertz CT molecular complexity index is 383. The topological polar surface area (TPSA) is 57.6 Å². The molecule has 4 nitrogen and oxygen atoms in total. The molecule has 0 saturated heterocycles. The van der Waals surface area contributed by atoms with Crippen LogP contribution in [0.15, 0.2) is 0 Å². The van der Waals surface area contributed by atoms with Gasteiger partial charge in [0.1, 0.15) is 0 Å². The van der Waals surface area contributed by atoms with Crippen molar-refractivity contribution in [3.05, 3.63) is 0 Å². The molecular weight excluding hydrogens is 254 g/mol. The van der Waals surface area contributed by atoms with Gasteiger partial charge in [0.05, 0.1) is 6.42 Å². The van der Waals surface area contributed by atoms with Gasteiger partial charge >= 0.3 is 5.97 Å². The van der Waals surface area contributed by atoms with E-state index in [4.69, 9.17) is 5.11 Å². The van der Waals surface area contributed by atoms with Gasteiger partial charge in [-0.05, 0) is 61.7 Å². The SMILES string of the molecule is CN(CCC(=O)O)C(=O)CC12CC3CC(CC(C3)C1)C2. The zero-order valence-electron chi connectivity index (χ0n) is 12.3. The number of carbonyl (C=O) groups excluding carboxylic acids is 1. The second-order valence-corrected chi connectivity index (χ2v) is 7.55. The summed E-state index contributed by atoms with van der Waals surface area (Å²) >= 11 is 0. The van der Waals surface area contributed by atoms with E-state index in [1.165, 1.54) is 38.5 Å². The minimum atomic E-state index is -0.834. The van der Waals surface area contributed by atoms with Gasteiger partial charge in [0.15, 0.2) is 0 Å². The Morgan fingerprint density at radius 3 is 2.05 bits per heavy atom. The zero-order chi connectivity index (χ0) is 14.3. The number of aliphatic carboxylic acids is 1. The summed E-state index contributed by atoms with van der Waals surface area (Å²) in [5.74, 6) is 1.89. The molecule has 4 aliphatic rings. The van der Waals surface area contributed by atoms with E-state index in [1.54, 1.807) is 11.9 Å². The van der Waals surface area contributed by atoms with Crippen LogP contribution in [-0.2, 0) is 9.59 Å². The molecule has 4 saturated carbocycles. The maximum Gasteiger partial charge on any atom is 0.305 e. The maximum atomic E-state index is 12.4. The quantitative estimate of drug-likeness (QED) is 0.841. The molecule has 4 heteroatoms. The van der Waals surface area contributed by atoms with E-state index in [9.17, 15) is 9.59 Å². The Balaban J connectivity index is 1.59. The fourth-order valence-electron chi connectivity index (χ4n) is 5.35. The van der Waals surface area contributed by atoms with Gasteiger partial charge in [0.25, 0.3) is 0 Å². The van der Waals surface area contributed by atoms with Gasteiger partial charge in [-0.25, -0.2) is 0 Å². The highest BCUT2D eigenvalue weighted by Crippen LogP contribution is 2.61. The van der Waals surface area contributed by atoms with Crippen molar-refractivity contribution in [2.45, 2.75) is 51.4 Å². The van der Waals surface area contributed by atoms with Crippen LogP contribution in [-0.4, -0.2) is 35.5 Å². The van der Waals surface area contributed by atoms with Gasteiger partial charge in [0.2, 0.25) is 5.91 Å². The molecule has 4 fully saturated rings. The van der Waals surface area contributed by atoms with Crippen molar-refractivity contribution in [2.24, 2.45) is 23.2 Å². The second kappa shape index (κ2) is 5.05. The highest BCUT2D eigenvalue weighted by molar-refractivity contribution is 5.77. The molecule has 0 aliphatic heterocycles. The molecule has 0 heterocycles. The summed E-state index contributed by atoms with van der Waals surface area (Å²) in [6.45, 7) is 0.334. The van der Waals surface area contributed by atoms with Crippen LogP contribution in [0.3, 0.4) is 0 Å². The Morgan fingerprint density at radius 2 is 1.60 bits per heavy atom. The van der Waals surface area contributed by atoms with Crippen molar-refractivity contribution in [1.29, 1.82) is 0 Å². The highest BCUT2D eigenvalue weighted by atomic mass is 16.4. The first kappa shape index (κ1) is 13.9. The van der Waals surface area contributed by atoms with Gasteiger partial charge < -0.3 is 10.0 Å². The van der Waals surface area contributed by atoms with Crippen LogP contribution in [0.4, 0.5) is 0 Å². The van der Waals surface area contributed by atoms with Gasteiger partial charge in [-0.15, -0.1) is 0 Å². The molecule has 0 aromatic carbocycles. The molecule has 0 spiro atoms. The molecule has 0 unspecified atom stereocenters. The summed E-state index contributed by atoms with van der Waals surface area (Å²) in [4.78, 5) is 24.6. The van der Waals surface area contributed by atoms with Crippen molar-refractivity contribution >= 4 is 11.9 Å². The molecule has 0 aromatic rings. The van der Waals surface area contributed by atoms with Crippen molar-refractivity contribution in [3.63, 3.8) is 0 Å². The first-order chi connectivity index (χ1) is 9.46. The third-order valence-corrected chi connectivity index (χ3v) is 5.78. The maximum absolute atomic E-state index is 12.4. The highest BCUT2D eigenvalue weighted by Gasteiger charge is 2.51. The summed E-state index contributed by atoms with van der Waals surface area (Å²) in [7, 11) is 1.74. The van der Waals surface area contributed by atoms with Crippen molar-refractivity contribution < 1.29 is 14.7 Å². The van der Waals surface area contributed by atoms with Crippen LogP contribution < -0.4 is 0 Å². The molecule has 1 amide bonds. The fourth-order valence-corrected chi connectivity index (χ4v) is 5.35. The van der Waals surface area contributed by atoms with E-state index in [0.29, 0.717) is 13.0 Å². The predicted molar refractivity (Wildman–Crippen MR) is 75.1 cm³/mol. The number of hydrogen-bond donors (Lipinski definition) is 1. The van der Waals surface area contributed by atoms with E-state index >= 15 is 0 Å². The molecule has 112 valence electrons. The Kier molecular flexibility index (Phi) is 3.51. The summed E-state index contributed by atoms with van der Waals surface area (Å²) in [6.07, 6.45) is 8.56. The lowest BCUT2D eigenvalue weighted by Gasteiger charge is -2.56. The lowest BCUT2D eigenvalue weighted by atomic mass is 9.49. The van der Waals surface area contributed by atoms with Crippen molar-refractivity contribution in [1.82, 2.24) is 4.90 Å². The Morgan fingerprint density at radius 1 is 1.10 bits per heavy atom. The number of rotatable bonds is 5.